The first-order valence-electron chi connectivity index (χ1n) is 22.8. The van der Waals surface area contributed by atoms with Crippen LogP contribution in [0.15, 0.2) is 207 Å². The summed E-state index contributed by atoms with van der Waals surface area (Å²) in [5.41, 5.74) is 2.83. The standard InChI is InChI=1S/2C28H26N4O3/c2*1-20(2)31(25-17-9-11-19-30-25)27(22-14-6-7-16-24(22)32(34)35)26(23-15-8-10-18-29-23)28(33)21-12-4-3-5-13-21/h2*3-20,26-27H,1-2H3/t2*26-,27+/m10/s1. The minimum atomic E-state index is -0.830. The Kier molecular flexibility index (Phi) is 16.3. The van der Waals surface area contributed by atoms with Crippen LogP contribution in [0.3, 0.4) is 0 Å². The molecule has 4 aromatic heterocycles. The summed E-state index contributed by atoms with van der Waals surface area (Å²) in [6, 6.07) is 51.2. The molecule has 0 radical (unpaired) electrons. The maximum absolute atomic E-state index is 14.1. The van der Waals surface area contributed by atoms with E-state index in [1.54, 1.807) is 110 Å². The molecule has 0 saturated heterocycles. The van der Waals surface area contributed by atoms with Crippen LogP contribution in [0.2, 0.25) is 0 Å². The third kappa shape index (κ3) is 11.3. The van der Waals surface area contributed by atoms with E-state index in [0.29, 0.717) is 45.3 Å². The van der Waals surface area contributed by atoms with Crippen LogP contribution < -0.4 is 9.80 Å². The van der Waals surface area contributed by atoms with E-state index in [-0.39, 0.29) is 35.0 Å². The van der Waals surface area contributed by atoms with E-state index >= 15 is 0 Å². The van der Waals surface area contributed by atoms with E-state index in [4.69, 9.17) is 0 Å². The molecule has 0 saturated carbocycles. The van der Waals surface area contributed by atoms with Crippen LogP contribution in [-0.4, -0.2) is 53.4 Å². The molecule has 352 valence electrons. The number of anilines is 2. The number of nitrogens with zero attached hydrogens (tertiary/aromatic N) is 8. The van der Waals surface area contributed by atoms with Crippen molar-refractivity contribution in [2.45, 2.75) is 63.7 Å². The number of rotatable bonds is 18. The molecule has 70 heavy (non-hydrogen) atoms. The molecule has 14 nitrogen and oxygen atoms in total. The molecule has 0 N–H and O–H groups in total. The molecule has 4 aromatic carbocycles. The van der Waals surface area contributed by atoms with Gasteiger partial charge in [-0.15, -0.1) is 0 Å². The number of hydrogen-bond acceptors (Lipinski definition) is 12. The highest BCUT2D eigenvalue weighted by molar-refractivity contribution is 6.02. The van der Waals surface area contributed by atoms with Crippen molar-refractivity contribution in [2.24, 2.45) is 0 Å². The molecule has 4 heterocycles. The largest absolute Gasteiger partial charge is 0.346 e. The molecular formula is C56H52N8O6. The zero-order valence-electron chi connectivity index (χ0n) is 39.1. The maximum Gasteiger partial charge on any atom is 0.274 e. The fraction of sp³-hybridized carbons (Fsp3) is 0.179. The monoisotopic (exact) mass is 932 g/mol. The number of benzene rings is 4. The highest BCUT2D eigenvalue weighted by atomic mass is 16.6. The molecule has 0 fully saturated rings. The van der Waals surface area contributed by atoms with Crippen molar-refractivity contribution in [3.63, 3.8) is 0 Å². The summed E-state index contributed by atoms with van der Waals surface area (Å²) in [5, 5.41) is 24.2. The van der Waals surface area contributed by atoms with Crippen molar-refractivity contribution in [3.8, 4) is 0 Å². The summed E-state index contributed by atoms with van der Waals surface area (Å²) < 4.78 is 0. The van der Waals surface area contributed by atoms with E-state index in [2.05, 4.69) is 19.9 Å². The van der Waals surface area contributed by atoms with Crippen LogP contribution in [0.1, 0.15) is 94.8 Å². The van der Waals surface area contributed by atoms with E-state index in [0.717, 1.165) is 0 Å². The topological polar surface area (TPSA) is 178 Å². The first-order valence-corrected chi connectivity index (χ1v) is 22.8. The third-order valence-corrected chi connectivity index (χ3v) is 11.8. The zero-order chi connectivity index (χ0) is 49.6. The number of nitro benzene ring substituents is 2. The number of nitro groups is 2. The van der Waals surface area contributed by atoms with Crippen molar-refractivity contribution in [2.75, 3.05) is 9.80 Å². The van der Waals surface area contributed by atoms with Crippen molar-refractivity contribution >= 4 is 34.6 Å². The van der Waals surface area contributed by atoms with Crippen LogP contribution in [-0.2, 0) is 0 Å². The molecule has 8 rings (SSSR count). The fourth-order valence-electron chi connectivity index (χ4n) is 8.82. The van der Waals surface area contributed by atoms with E-state index in [1.807, 2.05) is 122 Å². The summed E-state index contributed by atoms with van der Waals surface area (Å²) in [7, 11) is 0. The summed E-state index contributed by atoms with van der Waals surface area (Å²) in [6.07, 6.45) is 6.63. The van der Waals surface area contributed by atoms with Gasteiger partial charge in [0.15, 0.2) is 11.6 Å². The Morgan fingerprint density at radius 1 is 0.414 bits per heavy atom. The quantitative estimate of drug-likeness (QED) is 0.0452. The number of para-hydroxylation sites is 2. The molecule has 8 aromatic rings. The van der Waals surface area contributed by atoms with Crippen molar-refractivity contribution in [3.05, 3.63) is 261 Å². The molecule has 4 atom stereocenters. The molecule has 0 aliphatic carbocycles. The van der Waals surface area contributed by atoms with Gasteiger partial charge in [0.05, 0.1) is 56.3 Å². The van der Waals surface area contributed by atoms with Crippen molar-refractivity contribution < 1.29 is 19.4 Å². The Morgan fingerprint density at radius 2 is 0.729 bits per heavy atom. The van der Waals surface area contributed by atoms with E-state index in [1.165, 1.54) is 12.1 Å². The van der Waals surface area contributed by atoms with Crippen LogP contribution >= 0.6 is 0 Å². The van der Waals surface area contributed by atoms with Gasteiger partial charge in [0.2, 0.25) is 0 Å². The number of ketones is 2. The minimum Gasteiger partial charge on any atom is -0.346 e. The van der Waals surface area contributed by atoms with E-state index in [9.17, 15) is 29.8 Å². The second-order valence-electron chi connectivity index (χ2n) is 16.8. The zero-order valence-corrected chi connectivity index (χ0v) is 39.1. The Morgan fingerprint density at radius 3 is 1.03 bits per heavy atom. The van der Waals surface area contributed by atoms with Crippen LogP contribution in [0, 0.1) is 20.2 Å². The molecule has 0 spiro atoms. The van der Waals surface area contributed by atoms with Gasteiger partial charge in [-0.1, -0.05) is 121 Å². The Labute approximate surface area is 406 Å². The van der Waals surface area contributed by atoms with Crippen LogP contribution in [0.25, 0.3) is 0 Å². The lowest BCUT2D eigenvalue weighted by molar-refractivity contribution is -0.385. The summed E-state index contributed by atoms with van der Waals surface area (Å²) in [5.74, 6) is -0.767. The number of Topliss-reactive ketones (excluding diaryl/α,β-unsaturated/α-hetero) is 2. The summed E-state index contributed by atoms with van der Waals surface area (Å²) in [6.45, 7) is 7.94. The predicted molar refractivity (Wildman–Crippen MR) is 271 cm³/mol. The van der Waals surface area contributed by atoms with Gasteiger partial charge in [-0.05, 0) is 76.2 Å². The second kappa shape index (κ2) is 23.3. The molecule has 0 bridgehead atoms. The molecule has 0 aliphatic rings. The third-order valence-electron chi connectivity index (χ3n) is 11.8. The lowest BCUT2D eigenvalue weighted by atomic mass is 9.81. The lowest BCUT2D eigenvalue weighted by Crippen LogP contribution is -2.41. The van der Waals surface area contributed by atoms with E-state index < -0.39 is 33.8 Å². The second-order valence-corrected chi connectivity index (χ2v) is 16.8. The van der Waals surface area contributed by atoms with Gasteiger partial charge < -0.3 is 9.80 Å². The molecular weight excluding hydrogens is 881 g/mol. The van der Waals surface area contributed by atoms with Crippen molar-refractivity contribution in [1.29, 1.82) is 0 Å². The molecule has 14 heteroatoms. The number of carbonyl (C=O) groups excluding carboxylic acids is 2. The Bertz CT molecular complexity index is 2770. The number of hydrogen-bond donors (Lipinski definition) is 0. The molecule has 0 amide bonds. The SMILES string of the molecule is CC(C)N(c1ccccn1)[C@@H](c1ccccc1[N+](=O)[O-])[C@H](C(=O)c1ccccc1)c1ccccn1.CC(C)N(c1ccccn1)[C@H](c1ccccc1[N+](=O)[O-])[C@@H](C(=O)c1ccccc1)c1ccccn1. The Balaban J connectivity index is 0.000000206. The normalized spacial score (nSPS) is 12.7. The highest BCUT2D eigenvalue weighted by Gasteiger charge is 2.43. The fourth-order valence-corrected chi connectivity index (χ4v) is 8.82. The van der Waals surface area contributed by atoms with Gasteiger partial charge >= 0.3 is 0 Å². The van der Waals surface area contributed by atoms with Gasteiger partial charge in [0.25, 0.3) is 11.4 Å². The predicted octanol–water partition coefficient (Wildman–Crippen LogP) is 12.0. The van der Waals surface area contributed by atoms with Crippen molar-refractivity contribution in [1.82, 2.24) is 19.9 Å². The smallest absolute Gasteiger partial charge is 0.274 e. The van der Waals surface area contributed by atoms with Gasteiger partial charge in [-0.25, -0.2) is 9.97 Å². The first-order chi connectivity index (χ1) is 34.0. The van der Waals surface area contributed by atoms with Crippen LogP contribution in [0.5, 0.6) is 0 Å². The number of carbonyl (C=O) groups is 2. The van der Waals surface area contributed by atoms with Gasteiger partial charge in [0, 0.05) is 60.1 Å². The molecule has 0 aliphatic heterocycles. The lowest BCUT2D eigenvalue weighted by Gasteiger charge is -2.40. The average Bonchev–Trinajstić information content (AvgIpc) is 3.39. The number of pyridine rings is 4. The number of aromatic nitrogens is 4. The highest BCUT2D eigenvalue weighted by Crippen LogP contribution is 2.45. The van der Waals surface area contributed by atoms with Gasteiger partial charge in [0.1, 0.15) is 11.6 Å². The maximum atomic E-state index is 14.1. The minimum absolute atomic E-state index is 0.0547. The van der Waals surface area contributed by atoms with Gasteiger partial charge in [-0.2, -0.15) is 0 Å². The van der Waals surface area contributed by atoms with Gasteiger partial charge in [-0.3, -0.25) is 39.8 Å². The average molecular weight is 933 g/mol. The summed E-state index contributed by atoms with van der Waals surface area (Å²) in [4.78, 5) is 73.9. The van der Waals surface area contributed by atoms with Crippen LogP contribution in [0.4, 0.5) is 23.0 Å². The summed E-state index contributed by atoms with van der Waals surface area (Å²) >= 11 is 0. The first kappa shape index (κ1) is 49.1. The molecule has 0 unspecified atom stereocenters. The Hall–Kier alpha value is -8.78.